The fourth-order valence-electron chi connectivity index (χ4n) is 4.81. The Morgan fingerprint density at radius 1 is 1.02 bits per heavy atom. The lowest BCUT2D eigenvalue weighted by molar-refractivity contribution is -0.143. The summed E-state index contributed by atoms with van der Waals surface area (Å²) in [5.41, 5.74) is 3.09. The number of carbonyl (C=O) groups excluding carboxylic acids is 3. The highest BCUT2D eigenvalue weighted by Gasteiger charge is 2.38. The minimum Gasteiger partial charge on any atom is -0.489 e. The molecular weight excluding hydrogens is 554 g/mol. The Labute approximate surface area is 251 Å². The molecule has 1 aliphatic rings. The zero-order valence-corrected chi connectivity index (χ0v) is 25.1. The Hall–Kier alpha value is -4.30. The first-order valence-electron chi connectivity index (χ1n) is 13.9. The average molecular weight is 590 g/mol. The van der Waals surface area contributed by atoms with Crippen LogP contribution in [0.3, 0.4) is 0 Å². The van der Waals surface area contributed by atoms with Gasteiger partial charge in [0.25, 0.3) is 5.91 Å². The third-order valence-corrected chi connectivity index (χ3v) is 7.10. The van der Waals surface area contributed by atoms with E-state index in [0.717, 1.165) is 5.56 Å². The number of hydrogen-bond acceptors (Lipinski definition) is 5. The molecule has 0 spiro atoms. The minimum absolute atomic E-state index is 0.143. The molecule has 42 heavy (non-hydrogen) atoms. The van der Waals surface area contributed by atoms with Crippen molar-refractivity contribution in [1.29, 1.82) is 0 Å². The summed E-state index contributed by atoms with van der Waals surface area (Å²) in [6, 6.07) is 23.0. The molecule has 1 N–H and O–H groups in total. The first kappa shape index (κ1) is 30.7. The van der Waals surface area contributed by atoms with E-state index in [9.17, 15) is 14.4 Å². The van der Waals surface area contributed by atoms with E-state index in [1.807, 2.05) is 36.4 Å². The topological polar surface area (TPSA) is 88.2 Å². The molecular formula is C33H36ClN3O5. The molecule has 220 valence electrons. The molecule has 1 atom stereocenters. The molecule has 8 nitrogen and oxygen atoms in total. The largest absolute Gasteiger partial charge is 0.489 e. The zero-order chi connectivity index (χ0) is 30.2. The van der Waals surface area contributed by atoms with Crippen LogP contribution in [-0.4, -0.2) is 53.9 Å². The van der Waals surface area contributed by atoms with Crippen molar-refractivity contribution in [3.8, 4) is 5.75 Å². The molecule has 3 amide bonds. The van der Waals surface area contributed by atoms with Crippen LogP contribution < -0.4 is 10.1 Å². The van der Waals surface area contributed by atoms with E-state index >= 15 is 0 Å². The monoisotopic (exact) mass is 589 g/mol. The molecule has 3 aromatic rings. The van der Waals surface area contributed by atoms with Gasteiger partial charge in [-0.1, -0.05) is 54.1 Å². The lowest BCUT2D eigenvalue weighted by Crippen LogP contribution is -2.49. The molecule has 1 aliphatic heterocycles. The van der Waals surface area contributed by atoms with Crippen LogP contribution in [0.5, 0.6) is 5.75 Å². The summed E-state index contributed by atoms with van der Waals surface area (Å²) in [6.07, 6.45) is 0.157. The van der Waals surface area contributed by atoms with Gasteiger partial charge in [0.15, 0.2) is 0 Å². The normalized spacial score (nSPS) is 15.0. The molecule has 9 heteroatoms. The van der Waals surface area contributed by atoms with Gasteiger partial charge in [-0.25, -0.2) is 9.59 Å². The second-order valence-electron chi connectivity index (χ2n) is 10.5. The summed E-state index contributed by atoms with van der Waals surface area (Å²) in [6.45, 7) is 6.37. The number of ether oxygens (including phenoxy) is 2. The first-order valence-corrected chi connectivity index (χ1v) is 14.3. The maximum Gasteiger partial charge on any atom is 0.338 e. The number of benzene rings is 3. The van der Waals surface area contributed by atoms with Crippen LogP contribution in [0.1, 0.15) is 54.7 Å². The van der Waals surface area contributed by atoms with E-state index in [4.69, 9.17) is 21.1 Å². The van der Waals surface area contributed by atoms with Crippen LogP contribution in [0, 0.1) is 0 Å². The molecule has 1 heterocycles. The molecule has 0 saturated carbocycles. The van der Waals surface area contributed by atoms with E-state index in [0.29, 0.717) is 59.3 Å². The number of amides is 3. The third kappa shape index (κ3) is 7.70. The second kappa shape index (κ2) is 14.0. The molecule has 0 radical (unpaired) electrons. The van der Waals surface area contributed by atoms with Gasteiger partial charge in [0.1, 0.15) is 12.4 Å². The smallest absolute Gasteiger partial charge is 0.338 e. The van der Waals surface area contributed by atoms with Crippen LogP contribution in [-0.2, 0) is 16.1 Å². The maximum absolute atomic E-state index is 13.2. The second-order valence-corrected chi connectivity index (χ2v) is 10.9. The Morgan fingerprint density at radius 3 is 2.40 bits per heavy atom. The van der Waals surface area contributed by atoms with Crippen LogP contribution >= 0.6 is 11.6 Å². The SMILES string of the molecule is CC1=C(C(=O)OC(C)C)C(c2cccc(Cl)c2)N(CCCN(C)C(=O)c2ccc(OCc3ccccc3)cc2)C(=O)N1. The van der Waals surface area contributed by atoms with Crippen LogP contribution in [0.15, 0.2) is 90.1 Å². The van der Waals surface area contributed by atoms with Crippen LogP contribution in [0.4, 0.5) is 4.79 Å². The predicted octanol–water partition coefficient (Wildman–Crippen LogP) is 6.37. The van der Waals surface area contributed by atoms with Crippen molar-refractivity contribution < 1.29 is 23.9 Å². The average Bonchev–Trinajstić information content (AvgIpc) is 2.96. The third-order valence-electron chi connectivity index (χ3n) is 6.86. The van der Waals surface area contributed by atoms with Gasteiger partial charge in [-0.15, -0.1) is 0 Å². The maximum atomic E-state index is 13.2. The van der Waals surface area contributed by atoms with Gasteiger partial charge < -0.3 is 24.6 Å². The molecule has 1 unspecified atom stereocenters. The number of rotatable bonds is 11. The Morgan fingerprint density at radius 2 is 1.74 bits per heavy atom. The molecule has 4 rings (SSSR count). The highest BCUT2D eigenvalue weighted by Crippen LogP contribution is 2.35. The van der Waals surface area contributed by atoms with Gasteiger partial charge in [0, 0.05) is 36.4 Å². The lowest BCUT2D eigenvalue weighted by atomic mass is 9.93. The summed E-state index contributed by atoms with van der Waals surface area (Å²) < 4.78 is 11.3. The van der Waals surface area contributed by atoms with Crippen molar-refractivity contribution in [1.82, 2.24) is 15.1 Å². The van der Waals surface area contributed by atoms with E-state index < -0.39 is 12.0 Å². The highest BCUT2D eigenvalue weighted by molar-refractivity contribution is 6.30. The van der Waals surface area contributed by atoms with Crippen LogP contribution in [0.25, 0.3) is 0 Å². The Kier molecular flexibility index (Phi) is 10.3. The van der Waals surface area contributed by atoms with E-state index in [2.05, 4.69) is 5.32 Å². The predicted molar refractivity (Wildman–Crippen MR) is 162 cm³/mol. The van der Waals surface area contributed by atoms with Gasteiger partial charge in [0.2, 0.25) is 0 Å². The Bertz CT molecular complexity index is 1440. The van der Waals surface area contributed by atoms with Crippen molar-refractivity contribution in [3.05, 3.63) is 112 Å². The molecule has 3 aromatic carbocycles. The molecule has 0 aliphatic carbocycles. The quantitative estimate of drug-likeness (QED) is 0.262. The van der Waals surface area contributed by atoms with E-state index in [1.54, 1.807) is 80.1 Å². The number of urea groups is 1. The molecule has 0 aromatic heterocycles. The van der Waals surface area contributed by atoms with Gasteiger partial charge in [-0.3, -0.25) is 4.79 Å². The van der Waals surface area contributed by atoms with Crippen molar-refractivity contribution in [2.45, 2.75) is 45.9 Å². The van der Waals surface area contributed by atoms with Crippen molar-refractivity contribution >= 4 is 29.5 Å². The number of esters is 1. The van der Waals surface area contributed by atoms with Crippen molar-refractivity contribution in [2.75, 3.05) is 20.1 Å². The molecule has 0 bridgehead atoms. The number of nitrogens with zero attached hydrogens (tertiary/aromatic N) is 2. The minimum atomic E-state index is -0.687. The summed E-state index contributed by atoms with van der Waals surface area (Å²) >= 11 is 6.29. The highest BCUT2D eigenvalue weighted by atomic mass is 35.5. The van der Waals surface area contributed by atoms with Gasteiger partial charge >= 0.3 is 12.0 Å². The van der Waals surface area contributed by atoms with E-state index in [1.165, 1.54) is 0 Å². The van der Waals surface area contributed by atoms with Gasteiger partial charge in [0.05, 0.1) is 17.7 Å². The fourth-order valence-corrected chi connectivity index (χ4v) is 5.01. The summed E-state index contributed by atoms with van der Waals surface area (Å²) in [4.78, 5) is 42.6. The first-order chi connectivity index (χ1) is 20.1. The van der Waals surface area contributed by atoms with Gasteiger partial charge in [-0.2, -0.15) is 0 Å². The standard InChI is InChI=1S/C33H36ClN3O5/c1-22(2)42-32(39)29-23(3)35-33(40)37(30(29)26-12-8-13-27(34)20-26)19-9-18-36(4)31(38)25-14-16-28(17-15-25)41-21-24-10-6-5-7-11-24/h5-8,10-17,20,22,30H,9,18-19,21H2,1-4H3,(H,35,40). The number of halogens is 1. The number of allylic oxidation sites excluding steroid dienone is 1. The number of hydrogen-bond donors (Lipinski definition) is 1. The number of carbonyl (C=O) groups is 3. The number of nitrogens with one attached hydrogen (secondary N) is 1. The van der Waals surface area contributed by atoms with E-state index in [-0.39, 0.29) is 18.0 Å². The molecule has 0 saturated heterocycles. The van der Waals surface area contributed by atoms with Crippen molar-refractivity contribution in [2.24, 2.45) is 0 Å². The van der Waals surface area contributed by atoms with Gasteiger partial charge in [-0.05, 0) is 74.7 Å². The fraction of sp³-hybridized carbons (Fsp3) is 0.303. The summed E-state index contributed by atoms with van der Waals surface area (Å²) in [5.74, 6) is 0.0355. The van der Waals surface area contributed by atoms with Crippen LogP contribution in [0.2, 0.25) is 5.02 Å². The summed E-state index contributed by atoms with van der Waals surface area (Å²) in [5, 5.41) is 3.30. The summed E-state index contributed by atoms with van der Waals surface area (Å²) in [7, 11) is 1.72. The zero-order valence-electron chi connectivity index (χ0n) is 24.3. The molecule has 0 fully saturated rings. The lowest BCUT2D eigenvalue weighted by Gasteiger charge is -2.38. The Balaban J connectivity index is 1.42. The van der Waals surface area contributed by atoms with Crippen molar-refractivity contribution in [3.63, 3.8) is 0 Å².